The van der Waals surface area contributed by atoms with Crippen LogP contribution in [0.25, 0.3) is 10.2 Å². The fourth-order valence-corrected chi connectivity index (χ4v) is 2.73. The van der Waals surface area contributed by atoms with Crippen LogP contribution in [0.3, 0.4) is 0 Å². The highest BCUT2D eigenvalue weighted by Crippen LogP contribution is 2.29. The molecule has 2 heterocycles. The number of rotatable bonds is 2. The lowest BCUT2D eigenvalue weighted by molar-refractivity contribution is 0.102. The predicted octanol–water partition coefficient (Wildman–Crippen LogP) is 3.03. The zero-order chi connectivity index (χ0) is 13.4. The number of aryl methyl sites for hydroxylation is 1. The van der Waals surface area contributed by atoms with Crippen LogP contribution in [0, 0.1) is 6.92 Å². The van der Waals surface area contributed by atoms with E-state index in [-0.39, 0.29) is 5.91 Å². The number of amides is 1. The molecular formula is C13H11N3O2S. The molecule has 3 aromatic rings. The average molecular weight is 273 g/mol. The van der Waals surface area contributed by atoms with E-state index in [1.165, 1.54) is 23.9 Å². The molecule has 5 nitrogen and oxygen atoms in total. The zero-order valence-electron chi connectivity index (χ0n) is 10.1. The van der Waals surface area contributed by atoms with Crippen LogP contribution in [-0.2, 0) is 0 Å². The maximum atomic E-state index is 11.9. The van der Waals surface area contributed by atoms with Gasteiger partial charge in [0.25, 0.3) is 5.91 Å². The highest BCUT2D eigenvalue weighted by atomic mass is 32.1. The van der Waals surface area contributed by atoms with Gasteiger partial charge in [0.1, 0.15) is 6.26 Å². The third-order valence-electron chi connectivity index (χ3n) is 2.74. The number of anilines is 2. The summed E-state index contributed by atoms with van der Waals surface area (Å²) in [6, 6.07) is 5.36. The van der Waals surface area contributed by atoms with E-state index >= 15 is 0 Å². The van der Waals surface area contributed by atoms with E-state index in [1.807, 2.05) is 19.1 Å². The van der Waals surface area contributed by atoms with Gasteiger partial charge in [-0.15, -0.1) is 0 Å². The molecule has 0 fully saturated rings. The first kappa shape index (κ1) is 11.7. The lowest BCUT2D eigenvalue weighted by atomic mass is 10.2. The number of thiazole rings is 1. The topological polar surface area (TPSA) is 81.2 Å². The number of carbonyl (C=O) groups is 1. The fourth-order valence-electron chi connectivity index (χ4n) is 1.88. The Balaban J connectivity index is 1.95. The summed E-state index contributed by atoms with van der Waals surface area (Å²) in [6.07, 6.45) is 2.87. The Morgan fingerprint density at radius 3 is 3.05 bits per heavy atom. The van der Waals surface area contributed by atoms with Crippen molar-refractivity contribution >= 4 is 38.3 Å². The van der Waals surface area contributed by atoms with Crippen molar-refractivity contribution in [2.75, 3.05) is 11.1 Å². The summed E-state index contributed by atoms with van der Waals surface area (Å²) >= 11 is 1.40. The number of benzene rings is 1. The first-order chi connectivity index (χ1) is 9.13. The van der Waals surface area contributed by atoms with Crippen LogP contribution in [-0.4, -0.2) is 10.9 Å². The van der Waals surface area contributed by atoms with Crippen molar-refractivity contribution in [3.63, 3.8) is 0 Å². The minimum Gasteiger partial charge on any atom is -0.472 e. The number of hydrogen-bond acceptors (Lipinski definition) is 5. The van der Waals surface area contributed by atoms with E-state index in [1.54, 1.807) is 6.07 Å². The van der Waals surface area contributed by atoms with Crippen molar-refractivity contribution in [3.8, 4) is 0 Å². The van der Waals surface area contributed by atoms with Gasteiger partial charge in [-0.05, 0) is 30.7 Å². The second kappa shape index (κ2) is 4.40. The second-order valence-electron chi connectivity index (χ2n) is 4.16. The number of carbonyl (C=O) groups excluding carboxylic acids is 1. The molecule has 2 aromatic heterocycles. The van der Waals surface area contributed by atoms with Crippen molar-refractivity contribution in [2.24, 2.45) is 0 Å². The van der Waals surface area contributed by atoms with E-state index in [0.717, 1.165) is 21.5 Å². The fraction of sp³-hybridized carbons (Fsp3) is 0.0769. The molecule has 0 saturated carbocycles. The number of nitrogens with one attached hydrogen (secondary N) is 1. The molecule has 6 heteroatoms. The molecule has 0 aliphatic heterocycles. The van der Waals surface area contributed by atoms with Crippen molar-refractivity contribution < 1.29 is 9.21 Å². The molecule has 1 aromatic carbocycles. The maximum absolute atomic E-state index is 11.9. The van der Waals surface area contributed by atoms with E-state index in [2.05, 4.69) is 10.3 Å². The molecule has 0 aliphatic rings. The minimum atomic E-state index is -0.204. The summed E-state index contributed by atoms with van der Waals surface area (Å²) in [7, 11) is 0. The summed E-state index contributed by atoms with van der Waals surface area (Å²) in [4.78, 5) is 16.2. The molecule has 0 atom stereocenters. The summed E-state index contributed by atoms with van der Waals surface area (Å²) in [5.74, 6) is -0.204. The van der Waals surface area contributed by atoms with Gasteiger partial charge in [-0.25, -0.2) is 4.98 Å². The number of fused-ring (bicyclic) bond motifs is 1. The highest BCUT2D eigenvalue weighted by molar-refractivity contribution is 7.22. The molecule has 19 heavy (non-hydrogen) atoms. The number of furan rings is 1. The Morgan fingerprint density at radius 2 is 2.32 bits per heavy atom. The Morgan fingerprint density at radius 1 is 1.47 bits per heavy atom. The van der Waals surface area contributed by atoms with E-state index in [9.17, 15) is 4.79 Å². The summed E-state index contributed by atoms with van der Waals surface area (Å²) in [6.45, 7) is 1.94. The van der Waals surface area contributed by atoms with Gasteiger partial charge >= 0.3 is 0 Å². The van der Waals surface area contributed by atoms with Crippen molar-refractivity contribution in [1.82, 2.24) is 4.98 Å². The van der Waals surface area contributed by atoms with Crippen LogP contribution in [0.2, 0.25) is 0 Å². The van der Waals surface area contributed by atoms with Crippen LogP contribution in [0.5, 0.6) is 0 Å². The molecule has 3 rings (SSSR count). The smallest absolute Gasteiger partial charge is 0.258 e. The zero-order valence-corrected chi connectivity index (χ0v) is 11.0. The van der Waals surface area contributed by atoms with Gasteiger partial charge in [-0.2, -0.15) is 0 Å². The van der Waals surface area contributed by atoms with E-state index < -0.39 is 0 Å². The number of nitrogens with zero attached hydrogens (tertiary/aromatic N) is 1. The quantitative estimate of drug-likeness (QED) is 0.752. The molecule has 3 N–H and O–H groups in total. The predicted molar refractivity (Wildman–Crippen MR) is 75.4 cm³/mol. The molecule has 1 amide bonds. The monoisotopic (exact) mass is 273 g/mol. The molecule has 0 radical (unpaired) electrons. The van der Waals surface area contributed by atoms with Crippen LogP contribution in [0.1, 0.15) is 15.9 Å². The van der Waals surface area contributed by atoms with Crippen LogP contribution in [0.4, 0.5) is 10.8 Å². The summed E-state index contributed by atoms with van der Waals surface area (Å²) in [5, 5.41) is 3.35. The lowest BCUT2D eigenvalue weighted by Gasteiger charge is -2.05. The van der Waals surface area contributed by atoms with E-state index in [0.29, 0.717) is 10.7 Å². The van der Waals surface area contributed by atoms with Gasteiger partial charge < -0.3 is 15.5 Å². The summed E-state index contributed by atoms with van der Waals surface area (Å²) < 4.78 is 5.84. The normalized spacial score (nSPS) is 10.8. The molecule has 0 saturated heterocycles. The summed E-state index contributed by atoms with van der Waals surface area (Å²) in [5.41, 5.74) is 8.76. The molecule has 0 aliphatic carbocycles. The number of hydrogen-bond donors (Lipinski definition) is 2. The molecule has 0 unspecified atom stereocenters. The third-order valence-corrected chi connectivity index (χ3v) is 3.57. The van der Waals surface area contributed by atoms with Crippen molar-refractivity contribution in [2.45, 2.75) is 6.92 Å². The molecular weight excluding hydrogens is 262 g/mol. The van der Waals surface area contributed by atoms with Gasteiger partial charge in [-0.1, -0.05) is 11.3 Å². The number of aromatic nitrogens is 1. The van der Waals surface area contributed by atoms with Gasteiger partial charge in [0.2, 0.25) is 0 Å². The SMILES string of the molecule is Cc1cc(NC(=O)c2ccoc2)cc2sc(N)nc12. The average Bonchev–Trinajstić information content (AvgIpc) is 2.97. The largest absolute Gasteiger partial charge is 0.472 e. The van der Waals surface area contributed by atoms with Gasteiger partial charge in [0.05, 0.1) is 22.0 Å². The second-order valence-corrected chi connectivity index (χ2v) is 5.22. The molecule has 0 bridgehead atoms. The molecule has 96 valence electrons. The number of nitrogen functional groups attached to an aromatic ring is 1. The highest BCUT2D eigenvalue weighted by Gasteiger charge is 2.10. The first-order valence-corrected chi connectivity index (χ1v) is 6.45. The number of nitrogens with two attached hydrogens (primary N) is 1. The Hall–Kier alpha value is -2.34. The van der Waals surface area contributed by atoms with E-state index in [4.69, 9.17) is 10.2 Å². The van der Waals surface area contributed by atoms with Crippen LogP contribution >= 0.6 is 11.3 Å². The van der Waals surface area contributed by atoms with Gasteiger partial charge in [0, 0.05) is 5.69 Å². The van der Waals surface area contributed by atoms with Gasteiger partial charge in [-0.3, -0.25) is 4.79 Å². The Labute approximate surface area is 113 Å². The van der Waals surface area contributed by atoms with Crippen LogP contribution < -0.4 is 11.1 Å². The van der Waals surface area contributed by atoms with Crippen molar-refractivity contribution in [3.05, 3.63) is 41.9 Å². The van der Waals surface area contributed by atoms with Gasteiger partial charge in [0.15, 0.2) is 5.13 Å². The third kappa shape index (κ3) is 2.17. The van der Waals surface area contributed by atoms with Crippen molar-refractivity contribution in [1.29, 1.82) is 0 Å². The molecule has 0 spiro atoms. The lowest BCUT2D eigenvalue weighted by Crippen LogP contribution is -2.10. The first-order valence-electron chi connectivity index (χ1n) is 5.64. The Bertz CT molecular complexity index is 747. The Kier molecular flexibility index (Phi) is 2.72. The maximum Gasteiger partial charge on any atom is 0.258 e. The standard InChI is InChI=1S/C13H11N3O2S/c1-7-4-9(5-10-11(7)16-13(14)19-10)15-12(17)8-2-3-18-6-8/h2-6H,1H3,(H2,14,16)(H,15,17). The van der Waals surface area contributed by atoms with Crippen LogP contribution in [0.15, 0.2) is 35.1 Å². The minimum absolute atomic E-state index is 0.204.